The molecule has 1 aliphatic heterocycles. The van der Waals surface area contributed by atoms with Gasteiger partial charge in [-0.25, -0.2) is 0 Å². The number of hydrogen-bond acceptors (Lipinski definition) is 2. The minimum absolute atomic E-state index is 0.942. The van der Waals surface area contributed by atoms with Crippen LogP contribution in [0, 0.1) is 5.92 Å². The Kier molecular flexibility index (Phi) is 4.18. The van der Waals surface area contributed by atoms with Crippen molar-refractivity contribution in [1.29, 1.82) is 0 Å². The third kappa shape index (κ3) is 2.46. The second-order valence-corrected chi connectivity index (χ2v) is 5.31. The van der Waals surface area contributed by atoms with E-state index >= 15 is 0 Å². The van der Waals surface area contributed by atoms with Crippen molar-refractivity contribution in [3.8, 4) is 0 Å². The van der Waals surface area contributed by atoms with Crippen molar-refractivity contribution in [3.05, 3.63) is 0 Å². The minimum atomic E-state index is 0.942. The first-order chi connectivity index (χ1) is 6.92. The van der Waals surface area contributed by atoms with Crippen LogP contribution in [0.3, 0.4) is 0 Å². The van der Waals surface area contributed by atoms with Crippen LogP contribution in [0.1, 0.15) is 44.9 Å². The zero-order valence-electron chi connectivity index (χ0n) is 9.12. The zero-order chi connectivity index (χ0) is 9.80. The van der Waals surface area contributed by atoms with Crippen molar-refractivity contribution in [2.75, 3.05) is 18.8 Å². The SMILES string of the molecule is SCCCN1CCCC2CCCCC21. The van der Waals surface area contributed by atoms with Gasteiger partial charge in [-0.15, -0.1) is 0 Å². The molecule has 2 rings (SSSR count). The molecule has 14 heavy (non-hydrogen) atoms. The Labute approximate surface area is 93.7 Å². The molecule has 1 nitrogen and oxygen atoms in total. The van der Waals surface area contributed by atoms with Crippen LogP contribution in [0.4, 0.5) is 0 Å². The Morgan fingerprint density at radius 3 is 2.71 bits per heavy atom. The molecule has 0 N–H and O–H groups in total. The first-order valence-corrected chi connectivity index (χ1v) is 6.90. The topological polar surface area (TPSA) is 3.24 Å². The van der Waals surface area contributed by atoms with Crippen LogP contribution >= 0.6 is 12.6 Å². The third-order valence-corrected chi connectivity index (χ3v) is 4.28. The number of piperidine rings is 1. The quantitative estimate of drug-likeness (QED) is 0.705. The highest BCUT2D eigenvalue weighted by molar-refractivity contribution is 7.80. The molecule has 1 saturated heterocycles. The first kappa shape index (κ1) is 10.8. The molecule has 2 aliphatic rings. The smallest absolute Gasteiger partial charge is 0.0123 e. The van der Waals surface area contributed by atoms with Gasteiger partial charge < -0.3 is 4.90 Å². The molecule has 0 bridgehead atoms. The molecule has 1 saturated carbocycles. The van der Waals surface area contributed by atoms with E-state index in [1.807, 2.05) is 0 Å². The Bertz CT molecular complexity index is 170. The molecule has 2 heteroatoms. The maximum Gasteiger partial charge on any atom is 0.0123 e. The standard InChI is InChI=1S/C12H23NS/c14-10-4-9-13-8-3-6-11-5-1-2-7-12(11)13/h11-12,14H,1-10H2. The van der Waals surface area contributed by atoms with Crippen molar-refractivity contribution in [2.45, 2.75) is 51.0 Å². The van der Waals surface area contributed by atoms with Gasteiger partial charge in [-0.3, -0.25) is 0 Å². The highest BCUT2D eigenvalue weighted by atomic mass is 32.1. The van der Waals surface area contributed by atoms with Gasteiger partial charge in [0.15, 0.2) is 0 Å². The van der Waals surface area contributed by atoms with E-state index < -0.39 is 0 Å². The maximum atomic E-state index is 4.31. The lowest BCUT2D eigenvalue weighted by atomic mass is 9.78. The van der Waals surface area contributed by atoms with E-state index in [0.717, 1.165) is 17.7 Å². The van der Waals surface area contributed by atoms with Gasteiger partial charge in [0, 0.05) is 6.04 Å². The van der Waals surface area contributed by atoms with E-state index in [1.54, 1.807) is 0 Å². The van der Waals surface area contributed by atoms with Crippen LogP contribution < -0.4 is 0 Å². The average Bonchev–Trinajstić information content (AvgIpc) is 2.26. The largest absolute Gasteiger partial charge is 0.300 e. The second kappa shape index (κ2) is 5.41. The summed E-state index contributed by atoms with van der Waals surface area (Å²) in [5.74, 6) is 2.09. The second-order valence-electron chi connectivity index (χ2n) is 4.87. The van der Waals surface area contributed by atoms with Gasteiger partial charge in [-0.05, 0) is 56.9 Å². The molecule has 0 aromatic rings. The molecule has 1 heterocycles. The summed E-state index contributed by atoms with van der Waals surface area (Å²) in [6.07, 6.45) is 10.1. The lowest BCUT2D eigenvalue weighted by Crippen LogP contribution is -2.47. The molecular weight excluding hydrogens is 190 g/mol. The maximum absolute atomic E-state index is 4.31. The minimum Gasteiger partial charge on any atom is -0.300 e. The summed E-state index contributed by atoms with van der Waals surface area (Å²) in [5, 5.41) is 0. The molecule has 82 valence electrons. The molecule has 0 aromatic carbocycles. The third-order valence-electron chi connectivity index (χ3n) is 3.96. The van der Waals surface area contributed by atoms with Crippen LogP contribution in [0.5, 0.6) is 0 Å². The molecule has 0 spiro atoms. The van der Waals surface area contributed by atoms with Gasteiger partial charge in [0.05, 0.1) is 0 Å². The van der Waals surface area contributed by atoms with Gasteiger partial charge in [0.25, 0.3) is 0 Å². The Balaban J connectivity index is 1.88. The van der Waals surface area contributed by atoms with Crippen LogP contribution in [0.15, 0.2) is 0 Å². The number of nitrogens with zero attached hydrogens (tertiary/aromatic N) is 1. The molecular formula is C12H23NS. The van der Waals surface area contributed by atoms with E-state index in [-0.39, 0.29) is 0 Å². The number of hydrogen-bond donors (Lipinski definition) is 1. The number of rotatable bonds is 3. The molecule has 1 aliphatic carbocycles. The summed E-state index contributed by atoms with van der Waals surface area (Å²) in [5.41, 5.74) is 0. The van der Waals surface area contributed by atoms with Crippen LogP contribution in [-0.2, 0) is 0 Å². The lowest BCUT2D eigenvalue weighted by molar-refractivity contribution is 0.0614. The Hall–Kier alpha value is 0.310. The van der Waals surface area contributed by atoms with Crippen molar-refractivity contribution in [1.82, 2.24) is 4.90 Å². The summed E-state index contributed by atoms with van der Waals surface area (Å²) in [4.78, 5) is 2.75. The van der Waals surface area contributed by atoms with E-state index in [1.165, 1.54) is 58.0 Å². The molecule has 0 aromatic heterocycles. The average molecular weight is 213 g/mol. The predicted octanol–water partition coefficient (Wildman–Crippen LogP) is 2.96. The van der Waals surface area contributed by atoms with E-state index in [0.29, 0.717) is 0 Å². The fourth-order valence-electron chi connectivity index (χ4n) is 3.28. The highest BCUT2D eigenvalue weighted by Crippen LogP contribution is 2.35. The van der Waals surface area contributed by atoms with Crippen molar-refractivity contribution in [2.24, 2.45) is 5.92 Å². The summed E-state index contributed by atoms with van der Waals surface area (Å²) in [6, 6.07) is 0.942. The summed E-state index contributed by atoms with van der Waals surface area (Å²) in [7, 11) is 0. The Morgan fingerprint density at radius 2 is 1.86 bits per heavy atom. The van der Waals surface area contributed by atoms with Gasteiger partial charge in [0.1, 0.15) is 0 Å². The Morgan fingerprint density at radius 1 is 1.07 bits per heavy atom. The van der Waals surface area contributed by atoms with Crippen LogP contribution in [0.25, 0.3) is 0 Å². The van der Waals surface area contributed by atoms with Crippen molar-refractivity contribution < 1.29 is 0 Å². The summed E-state index contributed by atoms with van der Waals surface area (Å²) < 4.78 is 0. The molecule has 0 amide bonds. The normalized spacial score (nSPS) is 34.1. The predicted molar refractivity (Wildman–Crippen MR) is 65.0 cm³/mol. The van der Waals surface area contributed by atoms with Crippen LogP contribution in [0.2, 0.25) is 0 Å². The first-order valence-electron chi connectivity index (χ1n) is 6.26. The number of likely N-dealkylation sites (tertiary alicyclic amines) is 1. The zero-order valence-corrected chi connectivity index (χ0v) is 10.0. The van der Waals surface area contributed by atoms with E-state index in [2.05, 4.69) is 17.5 Å². The fraction of sp³-hybridized carbons (Fsp3) is 1.00. The van der Waals surface area contributed by atoms with E-state index in [4.69, 9.17) is 0 Å². The van der Waals surface area contributed by atoms with Crippen LogP contribution in [-0.4, -0.2) is 29.8 Å². The van der Waals surface area contributed by atoms with Gasteiger partial charge in [-0.1, -0.05) is 12.8 Å². The lowest BCUT2D eigenvalue weighted by Gasteiger charge is -2.44. The van der Waals surface area contributed by atoms with E-state index in [9.17, 15) is 0 Å². The molecule has 2 fully saturated rings. The van der Waals surface area contributed by atoms with Crippen molar-refractivity contribution >= 4 is 12.6 Å². The monoisotopic (exact) mass is 213 g/mol. The number of thiol groups is 1. The molecule has 2 atom stereocenters. The summed E-state index contributed by atoms with van der Waals surface area (Å²) in [6.45, 7) is 2.65. The molecule has 2 unspecified atom stereocenters. The fourth-order valence-corrected chi connectivity index (χ4v) is 3.42. The van der Waals surface area contributed by atoms with Gasteiger partial charge in [-0.2, -0.15) is 12.6 Å². The molecule has 0 radical (unpaired) electrons. The number of fused-ring (bicyclic) bond motifs is 1. The van der Waals surface area contributed by atoms with Gasteiger partial charge in [0.2, 0.25) is 0 Å². The highest BCUT2D eigenvalue weighted by Gasteiger charge is 2.32. The summed E-state index contributed by atoms with van der Waals surface area (Å²) >= 11 is 4.31. The van der Waals surface area contributed by atoms with Crippen molar-refractivity contribution in [3.63, 3.8) is 0 Å². The van der Waals surface area contributed by atoms with Gasteiger partial charge >= 0.3 is 0 Å².